The van der Waals surface area contributed by atoms with Crippen molar-refractivity contribution in [3.05, 3.63) is 99.6 Å². The van der Waals surface area contributed by atoms with E-state index >= 15 is 0 Å². The Balaban J connectivity index is 1.56. The topological polar surface area (TPSA) is 37.4 Å². The highest BCUT2D eigenvalue weighted by molar-refractivity contribution is 6.34. The zero-order chi connectivity index (χ0) is 23.3. The second kappa shape index (κ2) is 6.61. The lowest BCUT2D eigenvalue weighted by atomic mass is 9.54. The van der Waals surface area contributed by atoms with Crippen LogP contribution in [0, 0.1) is 11.8 Å². The number of benzene rings is 3. The Labute approximate surface area is 196 Å². The molecule has 0 unspecified atom stereocenters. The van der Waals surface area contributed by atoms with Gasteiger partial charge in [-0.2, -0.15) is 13.2 Å². The number of carbonyl (C=O) groups is 2. The maximum Gasteiger partial charge on any atom is 0.417 e. The maximum atomic E-state index is 13.7. The molecule has 0 spiro atoms. The van der Waals surface area contributed by atoms with Crippen molar-refractivity contribution in [1.82, 2.24) is 0 Å². The molecule has 2 atom stereocenters. The first-order valence-electron chi connectivity index (χ1n) is 10.3. The number of halogens is 5. The lowest BCUT2D eigenvalue weighted by molar-refractivity contribution is -0.137. The molecule has 0 saturated carbocycles. The number of rotatable bonds is 1. The van der Waals surface area contributed by atoms with Crippen LogP contribution < -0.4 is 4.90 Å². The number of amides is 2. The van der Waals surface area contributed by atoms with Gasteiger partial charge in [-0.3, -0.25) is 9.59 Å². The molecule has 1 aliphatic heterocycles. The van der Waals surface area contributed by atoms with E-state index in [4.69, 9.17) is 23.2 Å². The Bertz CT molecular complexity index is 1320. The van der Waals surface area contributed by atoms with Gasteiger partial charge < -0.3 is 0 Å². The molecule has 2 amide bonds. The summed E-state index contributed by atoms with van der Waals surface area (Å²) in [6, 6.07) is 17.9. The van der Waals surface area contributed by atoms with E-state index in [0.717, 1.165) is 39.3 Å². The zero-order valence-corrected chi connectivity index (χ0v) is 18.2. The van der Waals surface area contributed by atoms with Gasteiger partial charge in [0.25, 0.3) is 0 Å². The van der Waals surface area contributed by atoms with Crippen molar-refractivity contribution >= 4 is 40.7 Å². The van der Waals surface area contributed by atoms with E-state index in [1.807, 2.05) is 48.5 Å². The standard InChI is InChI=1S/C25H14Cl2F3NO2/c26-18-10-9-12(11-17(18)25(28,29)30)31-22(32)20-19-13-5-1-3-7-15(13)24(27,21(20)23(31)33)16-8-4-2-6-14(16)19/h1-11,19-21H/t19?,20-,21-,24?/m0/s1. The number of carbonyl (C=O) groups excluding carboxylic acids is 2. The second-order valence-corrected chi connectivity index (χ2v) is 9.54. The number of nitrogens with zero attached hydrogens (tertiary/aromatic N) is 1. The highest BCUT2D eigenvalue weighted by atomic mass is 35.5. The van der Waals surface area contributed by atoms with Crippen molar-refractivity contribution in [2.45, 2.75) is 17.0 Å². The SMILES string of the molecule is O=C1[C@@H]2[C@@H](C(=O)N1c1ccc(Cl)c(C(F)(F)F)c1)C1c3ccccc3C2(Cl)c2ccccc21. The quantitative estimate of drug-likeness (QED) is 0.307. The maximum absolute atomic E-state index is 13.7. The highest BCUT2D eigenvalue weighted by Gasteiger charge is 2.68. The fourth-order valence-electron chi connectivity index (χ4n) is 5.80. The summed E-state index contributed by atoms with van der Waals surface area (Å²) in [6.07, 6.45) is -4.73. The summed E-state index contributed by atoms with van der Waals surface area (Å²) in [5.74, 6) is -3.33. The second-order valence-electron chi connectivity index (χ2n) is 8.54. The summed E-state index contributed by atoms with van der Waals surface area (Å²) in [5, 5.41) is -0.503. The molecule has 3 nitrogen and oxygen atoms in total. The fourth-order valence-corrected chi connectivity index (χ4v) is 6.60. The van der Waals surface area contributed by atoms with Crippen molar-refractivity contribution < 1.29 is 22.8 Å². The number of alkyl halides is 4. The highest BCUT2D eigenvalue weighted by Crippen LogP contribution is 2.65. The number of anilines is 1. The van der Waals surface area contributed by atoms with E-state index < -0.39 is 51.2 Å². The van der Waals surface area contributed by atoms with Crippen molar-refractivity contribution in [2.24, 2.45) is 11.8 Å². The van der Waals surface area contributed by atoms with Crippen LogP contribution in [0.15, 0.2) is 66.7 Å². The monoisotopic (exact) mass is 487 g/mol. The first-order valence-corrected chi connectivity index (χ1v) is 11.0. The molecule has 1 saturated heterocycles. The summed E-state index contributed by atoms with van der Waals surface area (Å²) in [5.41, 5.74) is 1.97. The molecule has 3 aromatic carbocycles. The van der Waals surface area contributed by atoms with Crippen LogP contribution in [0.5, 0.6) is 0 Å². The molecule has 0 aromatic heterocycles. The van der Waals surface area contributed by atoms with Gasteiger partial charge in [0, 0.05) is 5.92 Å². The van der Waals surface area contributed by atoms with Crippen molar-refractivity contribution in [3.8, 4) is 0 Å². The molecule has 0 N–H and O–H groups in total. The van der Waals surface area contributed by atoms with E-state index in [2.05, 4.69) is 0 Å². The lowest BCUT2D eigenvalue weighted by Gasteiger charge is -2.50. The minimum absolute atomic E-state index is 0.163. The van der Waals surface area contributed by atoms with Gasteiger partial charge in [-0.15, -0.1) is 11.6 Å². The van der Waals surface area contributed by atoms with Gasteiger partial charge in [0.1, 0.15) is 4.87 Å². The van der Waals surface area contributed by atoms with Gasteiger partial charge in [-0.1, -0.05) is 60.1 Å². The molecule has 1 heterocycles. The van der Waals surface area contributed by atoms with E-state index in [1.54, 1.807) is 0 Å². The summed E-state index contributed by atoms with van der Waals surface area (Å²) < 4.78 is 40.4. The van der Waals surface area contributed by atoms with E-state index in [0.29, 0.717) is 0 Å². The van der Waals surface area contributed by atoms with Gasteiger partial charge in [-0.05, 0) is 40.5 Å². The van der Waals surface area contributed by atoms with Crippen molar-refractivity contribution in [2.75, 3.05) is 4.90 Å². The molecule has 8 heteroatoms. The van der Waals surface area contributed by atoms with E-state index in [-0.39, 0.29) is 5.69 Å². The fraction of sp³-hybridized carbons (Fsp3) is 0.200. The Hall–Kier alpha value is -2.83. The van der Waals surface area contributed by atoms with Crippen LogP contribution in [0.25, 0.3) is 0 Å². The van der Waals surface area contributed by atoms with Crippen LogP contribution in [-0.2, 0) is 20.6 Å². The van der Waals surface area contributed by atoms with Crippen LogP contribution in [0.2, 0.25) is 5.02 Å². The number of hydrogen-bond acceptors (Lipinski definition) is 2. The van der Waals surface area contributed by atoms with Crippen molar-refractivity contribution in [1.29, 1.82) is 0 Å². The third-order valence-corrected chi connectivity index (χ3v) is 8.00. The van der Waals surface area contributed by atoms with Gasteiger partial charge in [0.05, 0.1) is 28.1 Å². The lowest BCUT2D eigenvalue weighted by Crippen LogP contribution is -2.50. The minimum atomic E-state index is -4.73. The Morgan fingerprint density at radius 3 is 2.00 bits per heavy atom. The molecule has 7 rings (SSSR count). The van der Waals surface area contributed by atoms with Crippen LogP contribution >= 0.6 is 23.2 Å². The molecule has 33 heavy (non-hydrogen) atoms. The average molecular weight is 488 g/mol. The molecule has 0 radical (unpaired) electrons. The summed E-state index contributed by atoms with van der Waals surface area (Å²) >= 11 is 13.1. The first-order chi connectivity index (χ1) is 15.7. The first kappa shape index (κ1) is 20.8. The zero-order valence-electron chi connectivity index (χ0n) is 16.7. The average Bonchev–Trinajstić information content (AvgIpc) is 3.05. The van der Waals surface area contributed by atoms with Gasteiger partial charge >= 0.3 is 6.18 Å². The van der Waals surface area contributed by atoms with Crippen molar-refractivity contribution in [3.63, 3.8) is 0 Å². The normalized spacial score (nSPS) is 27.4. The minimum Gasteiger partial charge on any atom is -0.274 e. The summed E-state index contributed by atoms with van der Waals surface area (Å²) in [4.78, 5) is 26.9. The summed E-state index contributed by atoms with van der Waals surface area (Å²) in [7, 11) is 0. The molecule has 166 valence electrons. The predicted octanol–water partition coefficient (Wildman–Crippen LogP) is 6.11. The molecular formula is C25H14Cl2F3NO2. The predicted molar refractivity (Wildman–Crippen MR) is 117 cm³/mol. The van der Waals surface area contributed by atoms with Gasteiger partial charge in [0.2, 0.25) is 11.8 Å². The Morgan fingerprint density at radius 1 is 0.848 bits per heavy atom. The molecular weight excluding hydrogens is 474 g/mol. The third kappa shape index (κ3) is 2.53. The smallest absolute Gasteiger partial charge is 0.274 e. The Morgan fingerprint density at radius 2 is 1.42 bits per heavy atom. The van der Waals surface area contributed by atoms with Crippen LogP contribution in [0.1, 0.15) is 33.7 Å². The largest absolute Gasteiger partial charge is 0.417 e. The third-order valence-electron chi connectivity index (χ3n) is 7.03. The molecule has 1 fully saturated rings. The number of hydrogen-bond donors (Lipinski definition) is 0. The van der Waals surface area contributed by atoms with E-state index in [1.165, 1.54) is 6.07 Å². The molecule has 3 aromatic rings. The van der Waals surface area contributed by atoms with Crippen LogP contribution in [-0.4, -0.2) is 11.8 Å². The summed E-state index contributed by atoms with van der Waals surface area (Å²) in [6.45, 7) is 0. The van der Waals surface area contributed by atoms with E-state index in [9.17, 15) is 22.8 Å². The number of imide groups is 1. The molecule has 2 bridgehead atoms. The molecule has 3 aliphatic carbocycles. The van der Waals surface area contributed by atoms with Crippen LogP contribution in [0.4, 0.5) is 18.9 Å². The van der Waals surface area contributed by atoms with Crippen LogP contribution in [0.3, 0.4) is 0 Å². The van der Waals surface area contributed by atoms with Gasteiger partial charge in [-0.25, -0.2) is 4.90 Å². The molecule has 4 aliphatic rings. The Kier molecular flexibility index (Phi) is 4.16. The van der Waals surface area contributed by atoms with Gasteiger partial charge in [0.15, 0.2) is 0 Å².